The lowest BCUT2D eigenvalue weighted by Crippen LogP contribution is -2.32. The molecule has 2 N–H and O–H groups in total. The van der Waals surface area contributed by atoms with Gasteiger partial charge in [0.1, 0.15) is 5.82 Å². The number of nitrogens with one attached hydrogen (secondary N) is 1. The molecule has 0 saturated carbocycles. The predicted molar refractivity (Wildman–Crippen MR) is 69.9 cm³/mol. The lowest BCUT2D eigenvalue weighted by atomic mass is 10.1. The molecule has 0 amide bonds. The van der Waals surface area contributed by atoms with Crippen molar-refractivity contribution in [2.24, 2.45) is 0 Å². The fourth-order valence-electron chi connectivity index (χ4n) is 2.31. The maximum atomic E-state index is 13.0. The first-order chi connectivity index (χ1) is 8.75. The van der Waals surface area contributed by atoms with E-state index >= 15 is 0 Å². The molecule has 1 fully saturated rings. The van der Waals surface area contributed by atoms with Crippen molar-refractivity contribution in [3.8, 4) is 0 Å². The molecule has 1 aliphatic rings. The van der Waals surface area contributed by atoms with Gasteiger partial charge >= 0.3 is 0 Å². The fraction of sp³-hybridized carbons (Fsp3) is 0.571. The summed E-state index contributed by atoms with van der Waals surface area (Å²) in [6, 6.07) is 6.14. The van der Waals surface area contributed by atoms with Gasteiger partial charge in [-0.15, -0.1) is 0 Å². The molecule has 1 atom stereocenters. The van der Waals surface area contributed by atoms with Crippen LogP contribution < -0.4 is 5.32 Å². The average Bonchev–Trinajstić information content (AvgIpc) is 2.87. The lowest BCUT2D eigenvalue weighted by molar-refractivity contribution is 0.172. The number of benzene rings is 1. The van der Waals surface area contributed by atoms with Crippen molar-refractivity contribution in [1.82, 2.24) is 10.2 Å². The second kappa shape index (κ2) is 6.83. The van der Waals surface area contributed by atoms with Gasteiger partial charge < -0.3 is 15.3 Å². The molecule has 1 aromatic rings. The molecule has 0 aromatic heterocycles. The van der Waals surface area contributed by atoms with Crippen molar-refractivity contribution in [1.29, 1.82) is 0 Å². The summed E-state index contributed by atoms with van der Waals surface area (Å²) in [5.74, 6) is -0.302. The number of hydrogen-bond acceptors (Lipinski definition) is 3. The van der Waals surface area contributed by atoms with Gasteiger partial charge in [-0.05, 0) is 43.6 Å². The van der Waals surface area contributed by atoms with Crippen LogP contribution in [0.25, 0.3) is 0 Å². The zero-order chi connectivity index (χ0) is 12.8. The van der Waals surface area contributed by atoms with Crippen LogP contribution in [0.2, 0.25) is 0 Å². The number of hydrogen-bond donors (Lipinski definition) is 2. The second-order valence-corrected chi connectivity index (χ2v) is 4.82. The van der Waals surface area contributed by atoms with Gasteiger partial charge in [0.15, 0.2) is 0 Å². The van der Waals surface area contributed by atoms with E-state index in [-0.39, 0.29) is 5.82 Å². The van der Waals surface area contributed by atoms with E-state index in [9.17, 15) is 9.50 Å². The first-order valence-electron chi connectivity index (χ1n) is 6.62. The molecule has 1 heterocycles. The highest BCUT2D eigenvalue weighted by molar-refractivity contribution is 5.18. The molecule has 1 aliphatic heterocycles. The molecular weight excluding hydrogens is 231 g/mol. The Bertz CT molecular complexity index is 367. The van der Waals surface area contributed by atoms with Crippen LogP contribution in [0.4, 0.5) is 4.39 Å². The van der Waals surface area contributed by atoms with Gasteiger partial charge in [0, 0.05) is 19.6 Å². The summed E-state index contributed by atoms with van der Waals surface area (Å²) in [6.07, 6.45) is 1.96. The molecule has 1 aromatic carbocycles. The third-order valence-corrected chi connectivity index (χ3v) is 3.37. The molecule has 4 heteroatoms. The highest BCUT2D eigenvalue weighted by Gasteiger charge is 2.11. The minimum Gasteiger partial charge on any atom is -0.387 e. The summed E-state index contributed by atoms with van der Waals surface area (Å²) in [5, 5.41) is 13.1. The van der Waals surface area contributed by atoms with E-state index in [0.29, 0.717) is 12.1 Å². The Labute approximate surface area is 108 Å². The van der Waals surface area contributed by atoms with Crippen LogP contribution in [-0.2, 0) is 0 Å². The zero-order valence-electron chi connectivity index (χ0n) is 10.6. The molecule has 100 valence electrons. The maximum Gasteiger partial charge on any atom is 0.123 e. The monoisotopic (exact) mass is 252 g/mol. The summed E-state index contributed by atoms with van der Waals surface area (Å²) in [6.45, 7) is 4.74. The summed E-state index contributed by atoms with van der Waals surface area (Å²) in [4.78, 5) is 2.42. The van der Waals surface area contributed by atoms with Gasteiger partial charge in [-0.3, -0.25) is 0 Å². The van der Waals surface area contributed by atoms with Crippen molar-refractivity contribution in [3.63, 3.8) is 0 Å². The van der Waals surface area contributed by atoms with E-state index < -0.39 is 6.10 Å². The van der Waals surface area contributed by atoms with Crippen LogP contribution in [-0.4, -0.2) is 42.7 Å². The van der Waals surface area contributed by atoms with Crippen molar-refractivity contribution in [2.45, 2.75) is 18.9 Å². The Morgan fingerprint density at radius 2 is 2.11 bits per heavy atom. The first kappa shape index (κ1) is 13.5. The number of rotatable bonds is 6. The molecular formula is C14H21FN2O. The molecule has 18 heavy (non-hydrogen) atoms. The van der Waals surface area contributed by atoms with Gasteiger partial charge in [0.05, 0.1) is 6.10 Å². The molecule has 2 rings (SSSR count). The van der Waals surface area contributed by atoms with Gasteiger partial charge in [-0.1, -0.05) is 12.1 Å². The minimum atomic E-state index is -0.640. The van der Waals surface area contributed by atoms with Crippen molar-refractivity contribution >= 4 is 0 Å². The van der Waals surface area contributed by atoms with Crippen molar-refractivity contribution in [3.05, 3.63) is 35.6 Å². The number of halogens is 1. The minimum absolute atomic E-state index is 0.302. The van der Waals surface area contributed by atoms with Crippen LogP contribution in [0.5, 0.6) is 0 Å². The Balaban J connectivity index is 1.66. The SMILES string of the molecule is OC(CNCCN1CCCC1)c1cccc(F)c1. The Morgan fingerprint density at radius 1 is 1.33 bits per heavy atom. The van der Waals surface area contributed by atoms with E-state index in [1.807, 2.05) is 0 Å². The Hall–Kier alpha value is -0.970. The van der Waals surface area contributed by atoms with Crippen LogP contribution in [0, 0.1) is 5.82 Å². The van der Waals surface area contributed by atoms with Crippen LogP contribution >= 0.6 is 0 Å². The first-order valence-corrected chi connectivity index (χ1v) is 6.62. The smallest absolute Gasteiger partial charge is 0.123 e. The summed E-state index contributed by atoms with van der Waals surface area (Å²) in [7, 11) is 0. The standard InChI is InChI=1S/C14H21FN2O/c15-13-5-3-4-12(10-13)14(18)11-16-6-9-17-7-1-2-8-17/h3-5,10,14,16,18H,1-2,6-9,11H2. The van der Waals surface area contributed by atoms with Crippen LogP contribution in [0.1, 0.15) is 24.5 Å². The molecule has 0 spiro atoms. The van der Waals surface area contributed by atoms with Crippen molar-refractivity contribution < 1.29 is 9.50 Å². The van der Waals surface area contributed by atoms with E-state index in [1.54, 1.807) is 12.1 Å². The molecule has 1 unspecified atom stereocenters. The Kier molecular flexibility index (Phi) is 5.11. The van der Waals surface area contributed by atoms with Crippen LogP contribution in [0.15, 0.2) is 24.3 Å². The normalized spacial score (nSPS) is 18.1. The van der Waals surface area contributed by atoms with E-state index in [0.717, 1.165) is 13.1 Å². The topological polar surface area (TPSA) is 35.5 Å². The highest BCUT2D eigenvalue weighted by Crippen LogP contribution is 2.13. The quantitative estimate of drug-likeness (QED) is 0.754. The number of aliphatic hydroxyl groups is 1. The van der Waals surface area contributed by atoms with E-state index in [1.165, 1.54) is 38.1 Å². The summed E-state index contributed by atoms with van der Waals surface area (Å²) in [5.41, 5.74) is 0.628. The zero-order valence-corrected chi connectivity index (χ0v) is 10.6. The fourth-order valence-corrected chi connectivity index (χ4v) is 2.31. The lowest BCUT2D eigenvalue weighted by Gasteiger charge is -2.16. The second-order valence-electron chi connectivity index (χ2n) is 4.82. The predicted octanol–water partition coefficient (Wildman–Crippen LogP) is 1.54. The number of aliphatic hydroxyl groups excluding tert-OH is 1. The molecule has 3 nitrogen and oxygen atoms in total. The largest absolute Gasteiger partial charge is 0.387 e. The van der Waals surface area contributed by atoms with Crippen LogP contribution in [0.3, 0.4) is 0 Å². The molecule has 0 radical (unpaired) electrons. The molecule has 0 aliphatic carbocycles. The molecule has 0 bridgehead atoms. The number of nitrogens with zero attached hydrogens (tertiary/aromatic N) is 1. The average molecular weight is 252 g/mol. The third-order valence-electron chi connectivity index (χ3n) is 3.37. The van der Waals surface area contributed by atoms with Gasteiger partial charge in [-0.25, -0.2) is 4.39 Å². The summed E-state index contributed by atoms with van der Waals surface area (Å²) < 4.78 is 13.0. The third kappa shape index (κ3) is 4.05. The Morgan fingerprint density at radius 3 is 2.83 bits per heavy atom. The van der Waals surface area contributed by atoms with Gasteiger partial charge in [0.2, 0.25) is 0 Å². The highest BCUT2D eigenvalue weighted by atomic mass is 19.1. The van der Waals surface area contributed by atoms with E-state index in [4.69, 9.17) is 0 Å². The van der Waals surface area contributed by atoms with Gasteiger partial charge in [-0.2, -0.15) is 0 Å². The number of likely N-dealkylation sites (tertiary alicyclic amines) is 1. The summed E-state index contributed by atoms with van der Waals surface area (Å²) >= 11 is 0. The van der Waals surface area contributed by atoms with Gasteiger partial charge in [0.25, 0.3) is 0 Å². The van der Waals surface area contributed by atoms with Crippen molar-refractivity contribution in [2.75, 3.05) is 32.7 Å². The maximum absolute atomic E-state index is 13.0. The molecule has 1 saturated heterocycles. The van der Waals surface area contributed by atoms with E-state index in [2.05, 4.69) is 10.2 Å².